The molecule has 25 heavy (non-hydrogen) atoms. The van der Waals surface area contributed by atoms with Gasteiger partial charge in [0, 0.05) is 32.2 Å². The topological polar surface area (TPSA) is 98.8 Å². The van der Waals surface area contributed by atoms with Crippen molar-refractivity contribution < 1.29 is 18.0 Å². The Hall–Kier alpha value is -1.97. The molecule has 3 amide bonds. The number of urea groups is 1. The van der Waals surface area contributed by atoms with Gasteiger partial charge in [-0.3, -0.25) is 15.0 Å². The molecule has 2 N–H and O–H groups in total. The van der Waals surface area contributed by atoms with Crippen molar-refractivity contribution in [2.24, 2.45) is 0 Å². The van der Waals surface area contributed by atoms with Crippen molar-refractivity contribution in [1.82, 2.24) is 19.8 Å². The molecule has 136 valence electrons. The molecule has 0 radical (unpaired) electrons. The number of benzene rings is 1. The van der Waals surface area contributed by atoms with Gasteiger partial charge in [0.25, 0.3) is 0 Å². The number of hydrogen-bond donors (Lipinski definition) is 2. The summed E-state index contributed by atoms with van der Waals surface area (Å²) >= 11 is 0. The average Bonchev–Trinajstić information content (AvgIpc) is 3.39. The minimum absolute atomic E-state index is 0.0807. The molecule has 1 aliphatic carbocycles. The number of rotatable bonds is 5. The molecule has 2 aliphatic rings. The quantitative estimate of drug-likeness (QED) is 0.763. The van der Waals surface area contributed by atoms with E-state index in [9.17, 15) is 18.0 Å². The molecule has 0 bridgehead atoms. The van der Waals surface area contributed by atoms with E-state index in [1.54, 1.807) is 30.3 Å². The lowest BCUT2D eigenvalue weighted by molar-refractivity contribution is -0.121. The summed E-state index contributed by atoms with van der Waals surface area (Å²) in [5, 5.41) is 4.99. The molecule has 1 aromatic rings. The standard InChI is InChI=1S/C16H22N4O4S/c21-15(18-16(22)17-13-6-7-13)12-19-8-10-20(11-9-19)25(23,24)14-4-2-1-3-5-14/h1-5,13H,6-12H2,(H2,17,18,21,22). The lowest BCUT2D eigenvalue weighted by Crippen LogP contribution is -2.52. The van der Waals surface area contributed by atoms with Crippen LogP contribution in [-0.4, -0.2) is 68.3 Å². The zero-order chi connectivity index (χ0) is 17.9. The summed E-state index contributed by atoms with van der Waals surface area (Å²) in [6.45, 7) is 1.61. The van der Waals surface area contributed by atoms with Gasteiger partial charge in [0.05, 0.1) is 11.4 Å². The second kappa shape index (κ2) is 7.51. The predicted octanol–water partition coefficient (Wildman–Crippen LogP) is -0.0189. The number of piperazine rings is 1. The van der Waals surface area contributed by atoms with Crippen LogP contribution in [0.3, 0.4) is 0 Å². The SMILES string of the molecule is O=C(CN1CCN(S(=O)(=O)c2ccccc2)CC1)NC(=O)NC1CC1. The summed E-state index contributed by atoms with van der Waals surface area (Å²) in [6, 6.07) is 8.05. The molecule has 0 atom stereocenters. The van der Waals surface area contributed by atoms with Crippen LogP contribution in [0.1, 0.15) is 12.8 Å². The van der Waals surface area contributed by atoms with Crippen molar-refractivity contribution in [1.29, 1.82) is 0 Å². The highest BCUT2D eigenvalue weighted by Gasteiger charge is 2.29. The van der Waals surface area contributed by atoms with Gasteiger partial charge in [-0.15, -0.1) is 0 Å². The van der Waals surface area contributed by atoms with Gasteiger partial charge in [-0.1, -0.05) is 18.2 Å². The van der Waals surface area contributed by atoms with Crippen LogP contribution in [0.25, 0.3) is 0 Å². The minimum atomic E-state index is -3.50. The lowest BCUT2D eigenvalue weighted by atomic mass is 10.3. The van der Waals surface area contributed by atoms with Gasteiger partial charge in [0.1, 0.15) is 0 Å². The van der Waals surface area contributed by atoms with E-state index >= 15 is 0 Å². The summed E-state index contributed by atoms with van der Waals surface area (Å²) < 4.78 is 26.5. The Bertz CT molecular complexity index is 726. The maximum atomic E-state index is 12.5. The van der Waals surface area contributed by atoms with E-state index < -0.39 is 16.1 Å². The third kappa shape index (κ3) is 4.77. The van der Waals surface area contributed by atoms with Crippen LogP contribution < -0.4 is 10.6 Å². The first kappa shape index (κ1) is 17.8. The van der Waals surface area contributed by atoms with Crippen molar-refractivity contribution in [3.8, 4) is 0 Å². The molecule has 0 unspecified atom stereocenters. The smallest absolute Gasteiger partial charge is 0.321 e. The van der Waals surface area contributed by atoms with E-state index in [1.807, 2.05) is 4.90 Å². The maximum absolute atomic E-state index is 12.5. The molecular weight excluding hydrogens is 344 g/mol. The Morgan fingerprint density at radius 3 is 2.28 bits per heavy atom. The summed E-state index contributed by atoms with van der Waals surface area (Å²) in [4.78, 5) is 25.5. The minimum Gasteiger partial charge on any atom is -0.335 e. The molecule has 8 nitrogen and oxygen atoms in total. The number of sulfonamides is 1. The molecule has 1 aliphatic heterocycles. The van der Waals surface area contributed by atoms with E-state index in [-0.39, 0.29) is 23.4 Å². The van der Waals surface area contributed by atoms with Crippen molar-refractivity contribution in [3.63, 3.8) is 0 Å². The van der Waals surface area contributed by atoms with Crippen molar-refractivity contribution in [3.05, 3.63) is 30.3 Å². The highest BCUT2D eigenvalue weighted by Crippen LogP contribution is 2.18. The number of amides is 3. The van der Waals surface area contributed by atoms with Crippen LogP contribution in [0.15, 0.2) is 35.2 Å². The van der Waals surface area contributed by atoms with Crippen LogP contribution in [0.2, 0.25) is 0 Å². The largest absolute Gasteiger partial charge is 0.335 e. The van der Waals surface area contributed by atoms with E-state index in [0.29, 0.717) is 26.2 Å². The number of carbonyl (C=O) groups is 2. The Morgan fingerprint density at radius 1 is 1.04 bits per heavy atom. The highest BCUT2D eigenvalue weighted by molar-refractivity contribution is 7.89. The van der Waals surface area contributed by atoms with Gasteiger partial charge >= 0.3 is 6.03 Å². The van der Waals surface area contributed by atoms with Crippen LogP contribution >= 0.6 is 0 Å². The second-order valence-electron chi connectivity index (χ2n) is 6.29. The fourth-order valence-corrected chi connectivity index (χ4v) is 4.13. The number of hydrogen-bond acceptors (Lipinski definition) is 5. The molecular formula is C16H22N4O4S. The molecule has 1 heterocycles. The summed E-state index contributed by atoms with van der Waals surface area (Å²) in [7, 11) is -3.50. The van der Waals surface area contributed by atoms with Crippen molar-refractivity contribution in [2.45, 2.75) is 23.8 Å². The number of imide groups is 1. The van der Waals surface area contributed by atoms with E-state index in [1.165, 1.54) is 4.31 Å². The van der Waals surface area contributed by atoms with Gasteiger partial charge in [0.15, 0.2) is 0 Å². The Balaban J connectivity index is 1.46. The van der Waals surface area contributed by atoms with Gasteiger partial charge < -0.3 is 5.32 Å². The Kier molecular flexibility index (Phi) is 5.36. The monoisotopic (exact) mass is 366 g/mol. The predicted molar refractivity (Wildman–Crippen MR) is 91.3 cm³/mol. The highest BCUT2D eigenvalue weighted by atomic mass is 32.2. The molecule has 1 saturated heterocycles. The molecule has 9 heteroatoms. The Labute approximate surface area is 147 Å². The third-order valence-electron chi connectivity index (χ3n) is 4.24. The van der Waals surface area contributed by atoms with Crippen LogP contribution in [-0.2, 0) is 14.8 Å². The van der Waals surface area contributed by atoms with Crippen molar-refractivity contribution >= 4 is 22.0 Å². The molecule has 1 saturated carbocycles. The van der Waals surface area contributed by atoms with E-state index in [0.717, 1.165) is 12.8 Å². The maximum Gasteiger partial charge on any atom is 0.321 e. The van der Waals surface area contributed by atoms with Gasteiger partial charge in [0.2, 0.25) is 15.9 Å². The molecule has 3 rings (SSSR count). The van der Waals surface area contributed by atoms with Gasteiger partial charge in [-0.05, 0) is 25.0 Å². The average molecular weight is 366 g/mol. The van der Waals surface area contributed by atoms with E-state index in [2.05, 4.69) is 10.6 Å². The first-order chi connectivity index (χ1) is 11.9. The molecule has 0 spiro atoms. The van der Waals surface area contributed by atoms with Crippen LogP contribution in [0.5, 0.6) is 0 Å². The third-order valence-corrected chi connectivity index (χ3v) is 6.16. The van der Waals surface area contributed by atoms with Crippen molar-refractivity contribution in [2.75, 3.05) is 32.7 Å². The molecule has 2 fully saturated rings. The van der Waals surface area contributed by atoms with Gasteiger partial charge in [-0.25, -0.2) is 13.2 Å². The summed E-state index contributed by atoms with van der Waals surface area (Å²) in [6.07, 6.45) is 1.92. The van der Waals surface area contributed by atoms with Gasteiger partial charge in [-0.2, -0.15) is 4.31 Å². The fourth-order valence-electron chi connectivity index (χ4n) is 2.69. The molecule has 0 aromatic heterocycles. The summed E-state index contributed by atoms with van der Waals surface area (Å²) in [5.74, 6) is -0.377. The second-order valence-corrected chi connectivity index (χ2v) is 8.23. The zero-order valence-corrected chi connectivity index (χ0v) is 14.7. The van der Waals surface area contributed by atoms with Crippen LogP contribution in [0, 0.1) is 0 Å². The van der Waals surface area contributed by atoms with E-state index in [4.69, 9.17) is 0 Å². The Morgan fingerprint density at radius 2 is 1.68 bits per heavy atom. The number of nitrogens with one attached hydrogen (secondary N) is 2. The lowest BCUT2D eigenvalue weighted by Gasteiger charge is -2.33. The fraction of sp³-hybridized carbons (Fsp3) is 0.500. The first-order valence-corrected chi connectivity index (χ1v) is 9.77. The zero-order valence-electron chi connectivity index (χ0n) is 13.8. The number of nitrogens with zero attached hydrogens (tertiary/aromatic N) is 2. The van der Waals surface area contributed by atoms with Crippen LogP contribution in [0.4, 0.5) is 4.79 Å². The normalized spacial score (nSPS) is 19.4. The summed E-state index contributed by atoms with van der Waals surface area (Å²) in [5.41, 5.74) is 0. The first-order valence-electron chi connectivity index (χ1n) is 8.33. The molecule has 1 aromatic carbocycles. The number of carbonyl (C=O) groups excluding carboxylic acids is 2.